The first-order valence-corrected chi connectivity index (χ1v) is 7.39. The molecule has 2 aliphatic rings. The molecule has 22 heavy (non-hydrogen) atoms. The van der Waals surface area contributed by atoms with Crippen LogP contribution in [-0.2, 0) is 25.0 Å². The van der Waals surface area contributed by atoms with Gasteiger partial charge in [-0.3, -0.25) is 9.59 Å². The summed E-state index contributed by atoms with van der Waals surface area (Å²) in [5, 5.41) is 0. The fourth-order valence-corrected chi connectivity index (χ4v) is 2.75. The van der Waals surface area contributed by atoms with E-state index in [0.29, 0.717) is 44.7 Å². The molecule has 0 atom stereocenters. The second-order valence-electron chi connectivity index (χ2n) is 5.37. The monoisotopic (exact) mass is 305 g/mol. The van der Waals surface area contributed by atoms with Crippen molar-refractivity contribution in [1.82, 2.24) is 4.90 Å². The number of carbonyl (C=O) groups excluding carboxylic acids is 2. The Balaban J connectivity index is 1.74. The summed E-state index contributed by atoms with van der Waals surface area (Å²) in [6.45, 7) is 1.92. The highest BCUT2D eigenvalue weighted by molar-refractivity contribution is 5.95. The Kier molecular flexibility index (Phi) is 4.24. The molecule has 0 spiro atoms. The normalized spacial score (nSPS) is 21.1. The predicted molar refractivity (Wildman–Crippen MR) is 77.2 cm³/mol. The summed E-state index contributed by atoms with van der Waals surface area (Å²) in [5.41, 5.74) is 1.31. The first kappa shape index (κ1) is 15.1. The van der Waals surface area contributed by atoms with Crippen LogP contribution < -0.4 is 0 Å². The summed E-state index contributed by atoms with van der Waals surface area (Å²) >= 11 is 0. The third-order valence-corrected chi connectivity index (χ3v) is 4.03. The van der Waals surface area contributed by atoms with E-state index in [1.54, 1.807) is 29.2 Å². The molecule has 0 bridgehead atoms. The maximum absolute atomic E-state index is 12.4. The van der Waals surface area contributed by atoms with E-state index in [-0.39, 0.29) is 11.7 Å². The van der Waals surface area contributed by atoms with Gasteiger partial charge in [0.2, 0.25) is 0 Å². The fraction of sp³-hybridized carbons (Fsp3) is 0.500. The number of rotatable bonds is 3. The molecule has 2 saturated heterocycles. The van der Waals surface area contributed by atoms with Crippen LogP contribution in [-0.4, -0.2) is 50.0 Å². The minimum Gasteiger partial charge on any atom is -0.338 e. The van der Waals surface area contributed by atoms with Crippen molar-refractivity contribution in [3.05, 3.63) is 35.4 Å². The van der Waals surface area contributed by atoms with Gasteiger partial charge in [-0.25, -0.2) is 0 Å². The molecule has 2 aliphatic heterocycles. The lowest BCUT2D eigenvalue weighted by Crippen LogP contribution is -2.38. The van der Waals surface area contributed by atoms with E-state index in [1.807, 2.05) is 0 Å². The summed E-state index contributed by atoms with van der Waals surface area (Å²) in [7, 11) is 1.52. The fourth-order valence-electron chi connectivity index (χ4n) is 2.75. The van der Waals surface area contributed by atoms with Crippen molar-refractivity contribution in [3.63, 3.8) is 0 Å². The Morgan fingerprint density at radius 1 is 1.14 bits per heavy atom. The number of hydrogen-bond acceptors (Lipinski definition) is 5. The molecule has 1 aromatic rings. The number of amides is 1. The van der Waals surface area contributed by atoms with Crippen LogP contribution in [0.3, 0.4) is 0 Å². The van der Waals surface area contributed by atoms with E-state index in [0.717, 1.165) is 5.56 Å². The molecule has 3 rings (SSSR count). The van der Waals surface area contributed by atoms with Crippen LogP contribution in [0.5, 0.6) is 0 Å². The summed E-state index contributed by atoms with van der Waals surface area (Å²) in [4.78, 5) is 25.4. The zero-order valence-electron chi connectivity index (χ0n) is 12.5. The second-order valence-corrected chi connectivity index (χ2v) is 5.37. The van der Waals surface area contributed by atoms with Gasteiger partial charge in [-0.15, -0.1) is 0 Å². The summed E-state index contributed by atoms with van der Waals surface area (Å²) in [6, 6.07) is 7.02. The van der Waals surface area contributed by atoms with Crippen LogP contribution in [0.2, 0.25) is 0 Å². The van der Waals surface area contributed by atoms with Gasteiger partial charge in [-0.1, -0.05) is 12.1 Å². The molecule has 0 unspecified atom stereocenters. The molecular weight excluding hydrogens is 286 g/mol. The second kappa shape index (κ2) is 6.16. The Morgan fingerprint density at radius 2 is 1.73 bits per heavy atom. The number of ether oxygens (including phenoxy) is 3. The number of carbonyl (C=O) groups is 2. The molecule has 0 radical (unpaired) electrons. The van der Waals surface area contributed by atoms with Crippen LogP contribution in [0.15, 0.2) is 24.3 Å². The predicted octanol–water partition coefficient (Wildman–Crippen LogP) is 1.30. The van der Waals surface area contributed by atoms with E-state index in [4.69, 9.17) is 14.2 Å². The highest BCUT2D eigenvalue weighted by atomic mass is 16.9. The molecule has 6 heteroatoms. The first-order valence-electron chi connectivity index (χ1n) is 7.39. The molecule has 2 heterocycles. The van der Waals surface area contributed by atoms with Crippen molar-refractivity contribution in [2.45, 2.75) is 18.8 Å². The molecule has 1 amide bonds. The van der Waals surface area contributed by atoms with Gasteiger partial charge >= 0.3 is 5.97 Å². The lowest BCUT2D eigenvalue weighted by molar-refractivity contribution is -0.331. The van der Waals surface area contributed by atoms with E-state index >= 15 is 0 Å². The number of piperidine rings is 1. The van der Waals surface area contributed by atoms with Crippen LogP contribution in [0.1, 0.15) is 28.8 Å². The number of benzene rings is 1. The Morgan fingerprint density at radius 3 is 2.27 bits per heavy atom. The van der Waals surface area contributed by atoms with E-state index < -0.39 is 5.97 Å². The molecule has 0 aromatic heterocycles. The SMILES string of the molecule is COC1(c2ccc(C(=O)N3CCC(=O)CC3)cc2)OCCO1. The van der Waals surface area contributed by atoms with Gasteiger partial charge in [0.1, 0.15) is 5.78 Å². The third kappa shape index (κ3) is 2.77. The average Bonchev–Trinajstić information content (AvgIpc) is 3.05. The molecule has 0 aliphatic carbocycles. The van der Waals surface area contributed by atoms with Gasteiger partial charge in [0.05, 0.1) is 13.2 Å². The Hall–Kier alpha value is -1.76. The van der Waals surface area contributed by atoms with Gasteiger partial charge in [0.15, 0.2) is 0 Å². The highest BCUT2D eigenvalue weighted by Gasteiger charge is 2.39. The van der Waals surface area contributed by atoms with Crippen molar-refractivity contribution >= 4 is 11.7 Å². The standard InChI is InChI=1S/C16H19NO5/c1-20-16(21-10-11-22-16)13-4-2-12(3-5-13)15(19)17-8-6-14(18)7-9-17/h2-5H,6-11H2,1H3. The topological polar surface area (TPSA) is 65.1 Å². The van der Waals surface area contributed by atoms with Crippen molar-refractivity contribution < 1.29 is 23.8 Å². The first-order chi connectivity index (χ1) is 10.6. The van der Waals surface area contributed by atoms with E-state index in [9.17, 15) is 9.59 Å². The smallest absolute Gasteiger partial charge is 0.311 e. The Bertz CT molecular complexity index is 552. The van der Waals surface area contributed by atoms with Gasteiger partial charge in [-0.05, 0) is 12.1 Å². The molecule has 118 valence electrons. The van der Waals surface area contributed by atoms with Crippen LogP contribution in [0.4, 0.5) is 0 Å². The largest absolute Gasteiger partial charge is 0.338 e. The number of nitrogens with zero attached hydrogens (tertiary/aromatic N) is 1. The summed E-state index contributed by atoms with van der Waals surface area (Å²) < 4.78 is 16.4. The number of methoxy groups -OCH3 is 1. The number of ketones is 1. The summed E-state index contributed by atoms with van der Waals surface area (Å²) in [6.07, 6.45) is 0.885. The Labute approximate surface area is 128 Å². The molecule has 6 nitrogen and oxygen atoms in total. The minimum atomic E-state index is -1.17. The molecule has 1 aromatic carbocycles. The molecular formula is C16H19NO5. The molecule has 0 N–H and O–H groups in total. The van der Waals surface area contributed by atoms with Crippen LogP contribution in [0, 0.1) is 0 Å². The van der Waals surface area contributed by atoms with Gasteiger partial charge in [-0.2, -0.15) is 0 Å². The lowest BCUT2D eigenvalue weighted by Gasteiger charge is -2.27. The highest BCUT2D eigenvalue weighted by Crippen LogP contribution is 2.32. The molecule has 0 saturated carbocycles. The zero-order chi connectivity index (χ0) is 15.6. The number of hydrogen-bond donors (Lipinski definition) is 0. The quantitative estimate of drug-likeness (QED) is 0.842. The summed E-state index contributed by atoms with van der Waals surface area (Å²) in [5.74, 6) is -1.00. The minimum absolute atomic E-state index is 0.0567. The maximum Gasteiger partial charge on any atom is 0.311 e. The lowest BCUT2D eigenvalue weighted by atomic mass is 10.1. The van der Waals surface area contributed by atoms with Crippen molar-refractivity contribution in [2.75, 3.05) is 33.4 Å². The van der Waals surface area contributed by atoms with Crippen molar-refractivity contribution in [1.29, 1.82) is 0 Å². The van der Waals surface area contributed by atoms with Crippen LogP contribution in [0.25, 0.3) is 0 Å². The third-order valence-electron chi connectivity index (χ3n) is 4.03. The van der Waals surface area contributed by atoms with Crippen LogP contribution >= 0.6 is 0 Å². The number of likely N-dealkylation sites (tertiary alicyclic amines) is 1. The van der Waals surface area contributed by atoms with Gasteiger partial charge in [0, 0.05) is 44.2 Å². The van der Waals surface area contributed by atoms with E-state index in [1.165, 1.54) is 7.11 Å². The zero-order valence-corrected chi connectivity index (χ0v) is 12.5. The maximum atomic E-state index is 12.4. The van der Waals surface area contributed by atoms with Crippen molar-refractivity contribution in [3.8, 4) is 0 Å². The van der Waals surface area contributed by atoms with Gasteiger partial charge in [0.25, 0.3) is 5.91 Å². The number of Topliss-reactive ketones (excluding diaryl/α,β-unsaturated/α-hetero) is 1. The van der Waals surface area contributed by atoms with E-state index in [2.05, 4.69) is 0 Å². The average molecular weight is 305 g/mol. The van der Waals surface area contributed by atoms with Gasteiger partial charge < -0.3 is 19.1 Å². The molecule has 2 fully saturated rings. The van der Waals surface area contributed by atoms with Crippen molar-refractivity contribution in [2.24, 2.45) is 0 Å².